The minimum absolute atomic E-state index is 0.745. The van der Waals surface area contributed by atoms with Gasteiger partial charge < -0.3 is 4.74 Å². The van der Waals surface area contributed by atoms with Gasteiger partial charge in [0.05, 0.1) is 16.5 Å². The molecule has 1 nitrogen and oxygen atoms in total. The summed E-state index contributed by atoms with van der Waals surface area (Å²) in [6.07, 6.45) is 6.58. The van der Waals surface area contributed by atoms with E-state index < -0.39 is 0 Å². The molecular formula is C16H22OSi. The molecule has 2 aliphatic rings. The maximum Gasteiger partial charge on any atom is 0.118 e. The molecule has 2 bridgehead atoms. The van der Waals surface area contributed by atoms with Gasteiger partial charge in [-0.3, -0.25) is 0 Å². The molecule has 3 unspecified atom stereocenters. The molecule has 0 amide bonds. The van der Waals surface area contributed by atoms with Crippen molar-refractivity contribution < 1.29 is 4.74 Å². The predicted molar refractivity (Wildman–Crippen MR) is 79.8 cm³/mol. The predicted octanol–water partition coefficient (Wildman–Crippen LogP) is 2.84. The highest BCUT2D eigenvalue weighted by Gasteiger charge is 2.40. The monoisotopic (exact) mass is 258 g/mol. The fourth-order valence-electron chi connectivity index (χ4n) is 3.82. The van der Waals surface area contributed by atoms with E-state index in [1.165, 1.54) is 36.8 Å². The van der Waals surface area contributed by atoms with Gasteiger partial charge >= 0.3 is 0 Å². The van der Waals surface area contributed by atoms with Crippen molar-refractivity contribution in [2.45, 2.75) is 25.7 Å². The lowest BCUT2D eigenvalue weighted by atomic mass is 9.81. The van der Waals surface area contributed by atoms with Crippen molar-refractivity contribution in [3.05, 3.63) is 36.4 Å². The Morgan fingerprint density at radius 2 is 2.00 bits per heavy atom. The summed E-state index contributed by atoms with van der Waals surface area (Å²) >= 11 is 0. The molecule has 0 aliphatic heterocycles. The fraction of sp³-hybridized carbons (Fsp3) is 0.500. The molecule has 0 heterocycles. The molecule has 3 atom stereocenters. The van der Waals surface area contributed by atoms with Crippen LogP contribution in [0.15, 0.2) is 30.8 Å². The number of benzene rings is 1. The Hall–Kier alpha value is -1.02. The maximum atomic E-state index is 5.55. The van der Waals surface area contributed by atoms with Gasteiger partial charge in [-0.2, -0.15) is 0 Å². The van der Waals surface area contributed by atoms with Crippen LogP contribution in [0.2, 0.25) is 0 Å². The van der Waals surface area contributed by atoms with E-state index >= 15 is 0 Å². The van der Waals surface area contributed by atoms with Crippen molar-refractivity contribution in [2.24, 2.45) is 17.8 Å². The van der Waals surface area contributed by atoms with Crippen molar-refractivity contribution >= 4 is 15.8 Å². The highest BCUT2D eigenvalue weighted by Crippen LogP contribution is 2.52. The van der Waals surface area contributed by atoms with Gasteiger partial charge in [0, 0.05) is 0 Å². The molecule has 96 valence electrons. The van der Waals surface area contributed by atoms with E-state index in [0.29, 0.717) is 0 Å². The average Bonchev–Trinajstić information content (AvgIpc) is 3.01. The molecule has 2 heteroatoms. The first-order valence-corrected chi connectivity index (χ1v) is 8.61. The van der Waals surface area contributed by atoms with Gasteiger partial charge in [0.25, 0.3) is 0 Å². The number of rotatable bonds is 4. The molecule has 0 radical (unpaired) electrons. The highest BCUT2D eigenvalue weighted by molar-refractivity contribution is 6.08. The van der Waals surface area contributed by atoms with Crippen LogP contribution in [0.25, 0.3) is 5.57 Å². The number of ether oxygens (including phenoxy) is 1. The van der Waals surface area contributed by atoms with E-state index in [2.05, 4.69) is 30.8 Å². The van der Waals surface area contributed by atoms with Gasteiger partial charge in [0.15, 0.2) is 0 Å². The summed E-state index contributed by atoms with van der Waals surface area (Å²) in [4.78, 5) is 0. The maximum absolute atomic E-state index is 5.55. The van der Waals surface area contributed by atoms with Crippen LogP contribution < -0.4 is 4.74 Å². The van der Waals surface area contributed by atoms with Gasteiger partial charge in [-0.1, -0.05) is 25.1 Å². The largest absolute Gasteiger partial charge is 0.498 e. The molecular weight excluding hydrogens is 236 g/mol. The van der Waals surface area contributed by atoms with Crippen LogP contribution in [-0.2, 0) is 0 Å². The van der Waals surface area contributed by atoms with E-state index in [4.69, 9.17) is 4.74 Å². The van der Waals surface area contributed by atoms with Crippen LogP contribution in [0.1, 0.15) is 31.2 Å². The van der Waals surface area contributed by atoms with Crippen LogP contribution in [0.3, 0.4) is 0 Å². The van der Waals surface area contributed by atoms with Gasteiger partial charge in [-0.05, 0) is 60.3 Å². The van der Waals surface area contributed by atoms with Crippen molar-refractivity contribution in [2.75, 3.05) is 6.23 Å². The lowest BCUT2D eigenvalue weighted by molar-refractivity contribution is 0.387. The summed E-state index contributed by atoms with van der Waals surface area (Å²) < 4.78 is 5.55. The van der Waals surface area contributed by atoms with Crippen LogP contribution in [0.5, 0.6) is 5.75 Å². The first-order chi connectivity index (χ1) is 8.78. The normalized spacial score (nSPS) is 29.7. The van der Waals surface area contributed by atoms with Crippen LogP contribution in [0.4, 0.5) is 0 Å². The van der Waals surface area contributed by atoms with E-state index in [0.717, 1.165) is 40.0 Å². The summed E-state index contributed by atoms with van der Waals surface area (Å²) in [5.41, 5.74) is 2.67. The zero-order valence-corrected chi connectivity index (χ0v) is 13.2. The summed E-state index contributed by atoms with van der Waals surface area (Å²) in [5, 5.41) is 0. The second kappa shape index (κ2) is 4.92. The van der Waals surface area contributed by atoms with Gasteiger partial charge in [0.2, 0.25) is 0 Å². The standard InChI is InChI=1S/C16H22OSi/c1-11(16-9-12-2-3-14(16)8-12)13-4-6-15(7-5-13)17-10-18/h4-7,12,14,16H,1-3,8-10H2,18H3. The Morgan fingerprint density at radius 3 is 2.56 bits per heavy atom. The summed E-state index contributed by atoms with van der Waals surface area (Å²) in [5.74, 6) is 3.65. The van der Waals surface area contributed by atoms with Crippen LogP contribution in [0, 0.1) is 17.8 Å². The summed E-state index contributed by atoms with van der Waals surface area (Å²) in [7, 11) is 1.09. The molecule has 18 heavy (non-hydrogen) atoms. The third-order valence-electron chi connectivity index (χ3n) is 4.72. The summed E-state index contributed by atoms with van der Waals surface area (Å²) in [6.45, 7) is 4.37. The Balaban J connectivity index is 1.72. The lowest BCUT2D eigenvalue weighted by Gasteiger charge is -2.24. The zero-order chi connectivity index (χ0) is 12.5. The second-order valence-corrected chi connectivity index (χ2v) is 6.34. The zero-order valence-electron chi connectivity index (χ0n) is 11.2. The van der Waals surface area contributed by atoms with E-state index in [9.17, 15) is 0 Å². The molecule has 0 N–H and O–H groups in total. The Morgan fingerprint density at radius 1 is 1.22 bits per heavy atom. The van der Waals surface area contributed by atoms with Crippen molar-refractivity contribution in [1.29, 1.82) is 0 Å². The molecule has 0 saturated heterocycles. The highest BCUT2D eigenvalue weighted by atomic mass is 28.1. The lowest BCUT2D eigenvalue weighted by Crippen LogP contribution is -2.11. The van der Waals surface area contributed by atoms with Gasteiger partial charge in [-0.25, -0.2) is 0 Å². The van der Waals surface area contributed by atoms with E-state index in [1.54, 1.807) is 0 Å². The SMILES string of the molecule is C=C(c1ccc(OC[SiH3])cc1)C1CC2CCC1C2. The topological polar surface area (TPSA) is 9.23 Å². The van der Waals surface area contributed by atoms with Gasteiger partial charge in [0.1, 0.15) is 5.75 Å². The van der Waals surface area contributed by atoms with Crippen LogP contribution in [-0.4, -0.2) is 16.5 Å². The molecule has 0 aromatic heterocycles. The Labute approximate surface area is 113 Å². The van der Waals surface area contributed by atoms with Crippen molar-refractivity contribution in [3.63, 3.8) is 0 Å². The first-order valence-electron chi connectivity index (χ1n) is 7.20. The average molecular weight is 258 g/mol. The van der Waals surface area contributed by atoms with E-state index in [1.807, 2.05) is 0 Å². The number of fused-ring (bicyclic) bond motifs is 2. The molecule has 3 rings (SSSR count). The third-order valence-corrected chi connectivity index (χ3v) is 5.01. The second-order valence-electron chi connectivity index (χ2n) is 5.76. The molecule has 2 fully saturated rings. The molecule has 0 spiro atoms. The number of hydrogen-bond donors (Lipinski definition) is 0. The number of allylic oxidation sites excluding steroid dienone is 1. The Bertz CT molecular complexity index is 437. The quantitative estimate of drug-likeness (QED) is 0.755. The Kier molecular flexibility index (Phi) is 3.29. The first kappa shape index (κ1) is 12.0. The minimum Gasteiger partial charge on any atom is -0.498 e. The minimum atomic E-state index is 0.745. The molecule has 1 aromatic carbocycles. The molecule has 2 aliphatic carbocycles. The number of hydrogen-bond acceptors (Lipinski definition) is 1. The van der Waals surface area contributed by atoms with E-state index in [-0.39, 0.29) is 0 Å². The molecule has 1 aromatic rings. The third kappa shape index (κ3) is 2.14. The van der Waals surface area contributed by atoms with Gasteiger partial charge in [-0.15, -0.1) is 0 Å². The smallest absolute Gasteiger partial charge is 0.118 e. The summed E-state index contributed by atoms with van der Waals surface area (Å²) in [6, 6.07) is 8.54. The van der Waals surface area contributed by atoms with Crippen molar-refractivity contribution in [3.8, 4) is 5.75 Å². The van der Waals surface area contributed by atoms with Crippen LogP contribution >= 0.6 is 0 Å². The van der Waals surface area contributed by atoms with Crippen molar-refractivity contribution in [1.82, 2.24) is 0 Å². The fourth-order valence-corrected chi connectivity index (χ4v) is 4.15. The molecule has 2 saturated carbocycles.